The molecule has 0 saturated carbocycles. The molecule has 3 rings (SSSR count). The van der Waals surface area contributed by atoms with Gasteiger partial charge in [-0.1, -0.05) is 61.5 Å². The molecule has 0 spiro atoms. The lowest BCUT2D eigenvalue weighted by atomic mass is 9.89. The van der Waals surface area contributed by atoms with Gasteiger partial charge >= 0.3 is 0 Å². The van der Waals surface area contributed by atoms with Crippen molar-refractivity contribution in [3.8, 4) is 0 Å². The molecule has 26 heavy (non-hydrogen) atoms. The molecule has 0 atom stereocenters. The van der Waals surface area contributed by atoms with Gasteiger partial charge in [0.2, 0.25) is 5.91 Å². The van der Waals surface area contributed by atoms with Crippen molar-refractivity contribution in [2.24, 2.45) is 5.92 Å². The van der Waals surface area contributed by atoms with Gasteiger partial charge in [0.05, 0.1) is 0 Å². The summed E-state index contributed by atoms with van der Waals surface area (Å²) in [5.74, 6) is 0.242. The van der Waals surface area contributed by atoms with Crippen molar-refractivity contribution in [1.29, 1.82) is 0 Å². The van der Waals surface area contributed by atoms with Crippen LogP contribution in [0.15, 0.2) is 60.7 Å². The molecular weight excluding hydrogens is 322 g/mol. The average molecular weight is 347 g/mol. The van der Waals surface area contributed by atoms with Crippen LogP contribution in [0.1, 0.15) is 41.3 Å². The molecule has 134 valence electrons. The van der Waals surface area contributed by atoms with E-state index in [1.54, 1.807) is 6.08 Å². The quantitative estimate of drug-likeness (QED) is 0.594. The summed E-state index contributed by atoms with van der Waals surface area (Å²) in [6.07, 6.45) is 5.99. The van der Waals surface area contributed by atoms with Gasteiger partial charge in [0.1, 0.15) is 0 Å². The summed E-state index contributed by atoms with van der Waals surface area (Å²) in [6.45, 7) is 3.41. The van der Waals surface area contributed by atoms with Crippen molar-refractivity contribution in [3.63, 3.8) is 0 Å². The number of carbonyl (C=O) groups is 2. The van der Waals surface area contributed by atoms with E-state index in [4.69, 9.17) is 0 Å². The van der Waals surface area contributed by atoms with Crippen LogP contribution in [0, 0.1) is 5.92 Å². The Morgan fingerprint density at radius 3 is 2.27 bits per heavy atom. The minimum Gasteiger partial charge on any atom is -0.339 e. The van der Waals surface area contributed by atoms with Crippen molar-refractivity contribution < 1.29 is 9.59 Å². The first kappa shape index (κ1) is 18.1. The van der Waals surface area contributed by atoms with Crippen LogP contribution in [0.3, 0.4) is 0 Å². The molecule has 1 aliphatic heterocycles. The summed E-state index contributed by atoms with van der Waals surface area (Å²) >= 11 is 0. The van der Waals surface area contributed by atoms with Crippen LogP contribution in [0.4, 0.5) is 0 Å². The Morgan fingerprint density at radius 1 is 1.00 bits per heavy atom. The predicted octanol–water partition coefficient (Wildman–Crippen LogP) is 4.38. The molecule has 0 bridgehead atoms. The number of Topliss-reactive ketones (excluding diaryl/α,β-unsaturated/α-hetero) is 1. The second kappa shape index (κ2) is 8.61. The zero-order valence-corrected chi connectivity index (χ0v) is 15.2. The lowest BCUT2D eigenvalue weighted by molar-refractivity contribution is -0.127. The molecule has 1 amide bonds. The first-order valence-electron chi connectivity index (χ1n) is 9.32. The van der Waals surface area contributed by atoms with E-state index in [1.807, 2.05) is 53.4 Å². The third kappa shape index (κ3) is 4.48. The van der Waals surface area contributed by atoms with Gasteiger partial charge in [0.25, 0.3) is 0 Å². The molecule has 0 radical (unpaired) electrons. The largest absolute Gasteiger partial charge is 0.339 e. The second-order valence-electron chi connectivity index (χ2n) is 6.76. The van der Waals surface area contributed by atoms with E-state index in [0.29, 0.717) is 13.1 Å². The van der Waals surface area contributed by atoms with Gasteiger partial charge in [-0.15, -0.1) is 0 Å². The number of hydrogen-bond donors (Lipinski definition) is 0. The fraction of sp³-hybridized carbons (Fsp3) is 0.304. The van der Waals surface area contributed by atoms with Gasteiger partial charge in [-0.25, -0.2) is 0 Å². The van der Waals surface area contributed by atoms with E-state index in [-0.39, 0.29) is 17.6 Å². The molecule has 0 aliphatic carbocycles. The van der Waals surface area contributed by atoms with Gasteiger partial charge in [0, 0.05) is 30.6 Å². The van der Waals surface area contributed by atoms with Gasteiger partial charge < -0.3 is 4.90 Å². The van der Waals surface area contributed by atoms with E-state index < -0.39 is 0 Å². The Hall–Kier alpha value is -2.68. The maximum atomic E-state index is 12.5. The molecule has 1 aliphatic rings. The zero-order chi connectivity index (χ0) is 18.4. The highest BCUT2D eigenvalue weighted by atomic mass is 16.2. The first-order chi connectivity index (χ1) is 12.7. The molecule has 3 heteroatoms. The van der Waals surface area contributed by atoms with Crippen molar-refractivity contribution in [3.05, 3.63) is 77.4 Å². The Balaban J connectivity index is 1.53. The minimum atomic E-state index is 0.0204. The number of hydrogen-bond acceptors (Lipinski definition) is 2. The van der Waals surface area contributed by atoms with Crippen LogP contribution in [0.25, 0.3) is 6.08 Å². The lowest BCUT2D eigenvalue weighted by Gasteiger charge is -2.30. The van der Waals surface area contributed by atoms with Gasteiger partial charge in [-0.2, -0.15) is 0 Å². The SMILES string of the molecule is CCc1ccc(C=CC(=O)N2CCC(C(=O)c3ccccc3)CC2)cc1. The number of ketones is 1. The molecule has 0 N–H and O–H groups in total. The van der Waals surface area contributed by atoms with Crippen molar-refractivity contribution in [2.45, 2.75) is 26.2 Å². The number of benzene rings is 2. The second-order valence-corrected chi connectivity index (χ2v) is 6.76. The Labute approximate surface area is 155 Å². The normalized spacial score (nSPS) is 15.3. The zero-order valence-electron chi connectivity index (χ0n) is 15.2. The van der Waals surface area contributed by atoms with E-state index in [0.717, 1.165) is 30.4 Å². The third-order valence-corrected chi connectivity index (χ3v) is 5.04. The lowest BCUT2D eigenvalue weighted by Crippen LogP contribution is -2.39. The number of likely N-dealkylation sites (tertiary alicyclic amines) is 1. The van der Waals surface area contributed by atoms with E-state index >= 15 is 0 Å². The molecule has 1 saturated heterocycles. The Morgan fingerprint density at radius 2 is 1.65 bits per heavy atom. The monoisotopic (exact) mass is 347 g/mol. The Kier molecular flexibility index (Phi) is 6.00. The van der Waals surface area contributed by atoms with Gasteiger partial charge in [-0.3, -0.25) is 9.59 Å². The molecule has 1 fully saturated rings. The number of nitrogens with zero attached hydrogens (tertiary/aromatic N) is 1. The summed E-state index contributed by atoms with van der Waals surface area (Å²) in [5.41, 5.74) is 3.09. The molecule has 2 aromatic rings. The van der Waals surface area contributed by atoms with Crippen LogP contribution in [0.5, 0.6) is 0 Å². The van der Waals surface area contributed by atoms with Crippen LogP contribution in [-0.4, -0.2) is 29.7 Å². The maximum absolute atomic E-state index is 12.5. The average Bonchev–Trinajstić information content (AvgIpc) is 2.72. The fourth-order valence-corrected chi connectivity index (χ4v) is 3.34. The van der Waals surface area contributed by atoms with Crippen molar-refractivity contribution >= 4 is 17.8 Å². The number of carbonyl (C=O) groups excluding carboxylic acids is 2. The van der Waals surface area contributed by atoms with Gasteiger partial charge in [0.15, 0.2) is 5.78 Å². The van der Waals surface area contributed by atoms with Crippen LogP contribution in [0.2, 0.25) is 0 Å². The van der Waals surface area contributed by atoms with E-state index in [1.165, 1.54) is 5.56 Å². The highest BCUT2D eigenvalue weighted by Crippen LogP contribution is 2.22. The molecule has 0 unspecified atom stereocenters. The molecule has 2 aromatic carbocycles. The predicted molar refractivity (Wildman–Crippen MR) is 105 cm³/mol. The summed E-state index contributed by atoms with van der Waals surface area (Å²) in [7, 11) is 0. The smallest absolute Gasteiger partial charge is 0.246 e. The summed E-state index contributed by atoms with van der Waals surface area (Å²) < 4.78 is 0. The van der Waals surface area contributed by atoms with Crippen LogP contribution in [-0.2, 0) is 11.2 Å². The molecule has 0 aromatic heterocycles. The summed E-state index contributed by atoms with van der Waals surface area (Å²) in [6, 6.07) is 17.7. The number of amides is 1. The molecule has 1 heterocycles. The summed E-state index contributed by atoms with van der Waals surface area (Å²) in [4.78, 5) is 26.8. The maximum Gasteiger partial charge on any atom is 0.246 e. The number of aryl methyl sites for hydroxylation is 1. The fourth-order valence-electron chi connectivity index (χ4n) is 3.34. The third-order valence-electron chi connectivity index (χ3n) is 5.04. The standard InChI is InChI=1S/C23H25NO2/c1-2-18-8-10-19(11-9-18)12-13-22(25)24-16-14-21(15-17-24)23(26)20-6-4-3-5-7-20/h3-13,21H,2,14-17H2,1H3. The van der Waals surface area contributed by atoms with Gasteiger partial charge in [-0.05, 0) is 36.5 Å². The minimum absolute atomic E-state index is 0.0204. The topological polar surface area (TPSA) is 37.4 Å². The van der Waals surface area contributed by atoms with Crippen molar-refractivity contribution in [1.82, 2.24) is 4.90 Å². The van der Waals surface area contributed by atoms with E-state index in [2.05, 4.69) is 19.1 Å². The van der Waals surface area contributed by atoms with Crippen molar-refractivity contribution in [2.75, 3.05) is 13.1 Å². The van der Waals surface area contributed by atoms with Crippen LogP contribution < -0.4 is 0 Å². The number of piperidine rings is 1. The number of rotatable bonds is 5. The molecular formula is C23H25NO2. The van der Waals surface area contributed by atoms with Crippen LogP contribution >= 0.6 is 0 Å². The highest BCUT2D eigenvalue weighted by molar-refractivity contribution is 5.98. The highest BCUT2D eigenvalue weighted by Gasteiger charge is 2.27. The first-order valence-corrected chi connectivity index (χ1v) is 9.32. The Bertz CT molecular complexity index is 770. The summed E-state index contributed by atoms with van der Waals surface area (Å²) in [5, 5.41) is 0. The van der Waals surface area contributed by atoms with E-state index in [9.17, 15) is 9.59 Å². The molecule has 3 nitrogen and oxygen atoms in total.